The minimum atomic E-state index is -0.215. The van der Waals surface area contributed by atoms with Crippen LogP contribution in [0.2, 0.25) is 0 Å². The lowest BCUT2D eigenvalue weighted by Crippen LogP contribution is -2.12. The fourth-order valence-corrected chi connectivity index (χ4v) is 1.01. The number of phenols is 1. The molecule has 3 nitrogen and oxygen atoms in total. The van der Waals surface area contributed by atoms with Gasteiger partial charge in [-0.05, 0) is 24.6 Å². The third kappa shape index (κ3) is 2.92. The molecular formula is C10H11ClO3. The zero-order valence-corrected chi connectivity index (χ0v) is 8.54. The summed E-state index contributed by atoms with van der Waals surface area (Å²) < 4.78 is 5.09. The van der Waals surface area contributed by atoms with Gasteiger partial charge in [0.05, 0.1) is 5.88 Å². The molecule has 0 unspecified atom stereocenters. The number of ketones is 1. The van der Waals surface area contributed by atoms with Gasteiger partial charge in [0, 0.05) is 0 Å². The maximum atomic E-state index is 10.8. The second-order valence-corrected chi connectivity index (χ2v) is 3.20. The highest BCUT2D eigenvalue weighted by molar-refractivity contribution is 6.27. The van der Waals surface area contributed by atoms with Crippen LogP contribution in [-0.4, -0.2) is 23.4 Å². The molecule has 0 bridgehead atoms. The standard InChI is InChI=1S/C10H11ClO3/c1-7-2-3-9(13)10(4-7)14-6-8(12)5-11/h2-4,13H,5-6H2,1H3. The number of carbonyl (C=O) groups is 1. The predicted molar refractivity (Wildman–Crippen MR) is 54.1 cm³/mol. The Labute approximate surface area is 87.3 Å². The molecule has 1 aromatic carbocycles. The van der Waals surface area contributed by atoms with Gasteiger partial charge in [-0.3, -0.25) is 4.79 Å². The van der Waals surface area contributed by atoms with E-state index in [1.807, 2.05) is 6.92 Å². The van der Waals surface area contributed by atoms with Crippen LogP contribution in [0.25, 0.3) is 0 Å². The van der Waals surface area contributed by atoms with Crippen molar-refractivity contribution in [2.45, 2.75) is 6.92 Å². The summed E-state index contributed by atoms with van der Waals surface area (Å²) >= 11 is 5.30. The normalized spacial score (nSPS) is 9.86. The number of hydrogen-bond donors (Lipinski definition) is 1. The van der Waals surface area contributed by atoms with Crippen LogP contribution in [0, 0.1) is 6.92 Å². The molecular weight excluding hydrogens is 204 g/mol. The zero-order chi connectivity index (χ0) is 10.6. The molecule has 1 N–H and O–H groups in total. The number of Topliss-reactive ketones (excluding diaryl/α,β-unsaturated/α-hetero) is 1. The Morgan fingerprint density at radius 3 is 2.93 bits per heavy atom. The molecule has 0 aliphatic heterocycles. The Hall–Kier alpha value is -1.22. The van der Waals surface area contributed by atoms with Crippen LogP contribution in [0.3, 0.4) is 0 Å². The molecule has 0 fully saturated rings. The molecule has 14 heavy (non-hydrogen) atoms. The molecule has 0 amide bonds. The van der Waals surface area contributed by atoms with Crippen LogP contribution >= 0.6 is 11.6 Å². The topological polar surface area (TPSA) is 46.5 Å². The van der Waals surface area contributed by atoms with E-state index in [9.17, 15) is 9.90 Å². The number of aryl methyl sites for hydroxylation is 1. The number of carbonyl (C=O) groups excluding carboxylic acids is 1. The summed E-state index contributed by atoms with van der Waals surface area (Å²) in [6.45, 7) is 1.76. The molecule has 0 aliphatic rings. The van der Waals surface area contributed by atoms with E-state index in [-0.39, 0.29) is 24.0 Å². The van der Waals surface area contributed by atoms with Crippen LogP contribution in [0.15, 0.2) is 18.2 Å². The van der Waals surface area contributed by atoms with E-state index < -0.39 is 0 Å². The third-order valence-corrected chi connectivity index (χ3v) is 1.95. The smallest absolute Gasteiger partial charge is 0.184 e. The van der Waals surface area contributed by atoms with Crippen molar-refractivity contribution in [1.82, 2.24) is 0 Å². The molecule has 1 aromatic rings. The Kier molecular flexibility index (Phi) is 3.77. The highest BCUT2D eigenvalue weighted by Crippen LogP contribution is 2.26. The Bertz CT molecular complexity index is 336. The van der Waals surface area contributed by atoms with Crippen molar-refractivity contribution in [2.75, 3.05) is 12.5 Å². The van der Waals surface area contributed by atoms with Gasteiger partial charge >= 0.3 is 0 Å². The number of rotatable bonds is 4. The number of ether oxygens (including phenoxy) is 1. The van der Waals surface area contributed by atoms with Gasteiger partial charge in [-0.15, -0.1) is 11.6 Å². The average Bonchev–Trinajstić information content (AvgIpc) is 2.19. The molecule has 1 rings (SSSR count). The fourth-order valence-electron chi connectivity index (χ4n) is 0.934. The van der Waals surface area contributed by atoms with Gasteiger partial charge in [-0.25, -0.2) is 0 Å². The number of phenolic OH excluding ortho intramolecular Hbond substituents is 1. The van der Waals surface area contributed by atoms with Gasteiger partial charge in [0.15, 0.2) is 17.3 Å². The monoisotopic (exact) mass is 214 g/mol. The van der Waals surface area contributed by atoms with Gasteiger partial charge < -0.3 is 9.84 Å². The second-order valence-electron chi connectivity index (χ2n) is 2.93. The van der Waals surface area contributed by atoms with Crippen molar-refractivity contribution in [3.8, 4) is 11.5 Å². The van der Waals surface area contributed by atoms with Crippen molar-refractivity contribution in [2.24, 2.45) is 0 Å². The first kappa shape index (κ1) is 10.9. The summed E-state index contributed by atoms with van der Waals surface area (Å²) in [7, 11) is 0. The summed E-state index contributed by atoms with van der Waals surface area (Å²) in [5, 5.41) is 9.35. The number of benzene rings is 1. The second kappa shape index (κ2) is 4.86. The Morgan fingerprint density at radius 2 is 2.29 bits per heavy atom. The average molecular weight is 215 g/mol. The molecule has 0 saturated heterocycles. The van der Waals surface area contributed by atoms with Crippen LogP contribution in [0.4, 0.5) is 0 Å². The van der Waals surface area contributed by atoms with E-state index in [1.165, 1.54) is 6.07 Å². The van der Waals surface area contributed by atoms with Crippen molar-refractivity contribution < 1.29 is 14.6 Å². The largest absolute Gasteiger partial charge is 0.504 e. The first-order valence-corrected chi connectivity index (χ1v) is 4.67. The first-order valence-electron chi connectivity index (χ1n) is 4.13. The summed E-state index contributed by atoms with van der Waals surface area (Å²) in [5.41, 5.74) is 0.955. The first-order chi connectivity index (χ1) is 6.63. The Balaban J connectivity index is 2.66. The minimum Gasteiger partial charge on any atom is -0.504 e. The van der Waals surface area contributed by atoms with Crippen molar-refractivity contribution in [3.05, 3.63) is 23.8 Å². The van der Waals surface area contributed by atoms with E-state index in [1.54, 1.807) is 12.1 Å². The number of alkyl halides is 1. The SMILES string of the molecule is Cc1ccc(O)c(OCC(=O)CCl)c1. The van der Waals surface area contributed by atoms with Crippen LogP contribution in [0.1, 0.15) is 5.56 Å². The molecule has 0 radical (unpaired) electrons. The van der Waals surface area contributed by atoms with Crippen molar-refractivity contribution in [1.29, 1.82) is 0 Å². The van der Waals surface area contributed by atoms with Gasteiger partial charge in [-0.1, -0.05) is 6.07 Å². The van der Waals surface area contributed by atoms with E-state index in [2.05, 4.69) is 0 Å². The van der Waals surface area contributed by atoms with E-state index in [0.717, 1.165) is 5.56 Å². The molecule has 0 atom stereocenters. The predicted octanol–water partition coefficient (Wildman–Crippen LogP) is 1.89. The minimum absolute atomic E-state index is 0.0259. The van der Waals surface area contributed by atoms with Gasteiger partial charge in [0.2, 0.25) is 0 Å². The van der Waals surface area contributed by atoms with Gasteiger partial charge in [0.25, 0.3) is 0 Å². The summed E-state index contributed by atoms with van der Waals surface area (Å²) in [5.74, 6) is 0.0426. The van der Waals surface area contributed by atoms with Crippen molar-refractivity contribution in [3.63, 3.8) is 0 Å². The lowest BCUT2D eigenvalue weighted by Gasteiger charge is -2.06. The molecule has 0 aromatic heterocycles. The van der Waals surface area contributed by atoms with E-state index in [4.69, 9.17) is 16.3 Å². The highest BCUT2D eigenvalue weighted by Gasteiger charge is 2.05. The summed E-state index contributed by atoms with van der Waals surface area (Å²) in [4.78, 5) is 10.8. The Morgan fingerprint density at radius 1 is 1.57 bits per heavy atom. The third-order valence-electron chi connectivity index (χ3n) is 1.65. The quantitative estimate of drug-likeness (QED) is 0.779. The lowest BCUT2D eigenvalue weighted by molar-refractivity contribution is -0.118. The van der Waals surface area contributed by atoms with Crippen molar-refractivity contribution >= 4 is 17.4 Å². The summed E-state index contributed by atoms with van der Waals surface area (Å²) in [6, 6.07) is 4.94. The molecule has 0 saturated carbocycles. The lowest BCUT2D eigenvalue weighted by atomic mass is 10.2. The molecule has 4 heteroatoms. The van der Waals surface area contributed by atoms with Gasteiger partial charge in [0.1, 0.15) is 6.61 Å². The van der Waals surface area contributed by atoms with Crippen LogP contribution in [0.5, 0.6) is 11.5 Å². The number of halogens is 1. The van der Waals surface area contributed by atoms with Gasteiger partial charge in [-0.2, -0.15) is 0 Å². The number of hydrogen-bond acceptors (Lipinski definition) is 3. The van der Waals surface area contributed by atoms with E-state index >= 15 is 0 Å². The molecule has 0 spiro atoms. The fraction of sp³-hybridized carbons (Fsp3) is 0.300. The maximum absolute atomic E-state index is 10.8. The summed E-state index contributed by atoms with van der Waals surface area (Å²) in [6.07, 6.45) is 0. The van der Waals surface area contributed by atoms with E-state index in [0.29, 0.717) is 5.75 Å². The molecule has 0 aliphatic carbocycles. The zero-order valence-electron chi connectivity index (χ0n) is 7.79. The van der Waals surface area contributed by atoms with Crippen LogP contribution in [-0.2, 0) is 4.79 Å². The maximum Gasteiger partial charge on any atom is 0.184 e. The number of aromatic hydroxyl groups is 1. The van der Waals surface area contributed by atoms with Crippen LogP contribution < -0.4 is 4.74 Å². The molecule has 76 valence electrons. The highest BCUT2D eigenvalue weighted by atomic mass is 35.5. The molecule has 0 heterocycles.